The van der Waals surface area contributed by atoms with Gasteiger partial charge in [-0.2, -0.15) is 9.94 Å². The molecule has 0 aliphatic heterocycles. The van der Waals surface area contributed by atoms with Gasteiger partial charge < -0.3 is 5.32 Å². The van der Waals surface area contributed by atoms with Crippen molar-refractivity contribution in [3.05, 3.63) is 22.8 Å². The van der Waals surface area contributed by atoms with E-state index in [4.69, 9.17) is 0 Å². The van der Waals surface area contributed by atoms with Gasteiger partial charge in [-0.15, -0.1) is 21.5 Å². The molecular formula is C11H18N6O2S2. The highest BCUT2D eigenvalue weighted by Crippen LogP contribution is 2.23. The zero-order valence-electron chi connectivity index (χ0n) is 11.8. The van der Waals surface area contributed by atoms with Gasteiger partial charge in [0.15, 0.2) is 5.82 Å². The monoisotopic (exact) mass is 330 g/mol. The molecule has 116 valence electrons. The predicted molar refractivity (Wildman–Crippen MR) is 79.5 cm³/mol. The third-order valence-corrected chi connectivity index (χ3v) is 5.96. The smallest absolute Gasteiger partial charge is 0.250 e. The molecule has 3 N–H and O–H groups in total. The average molecular weight is 330 g/mol. The van der Waals surface area contributed by atoms with E-state index in [9.17, 15) is 8.42 Å². The fourth-order valence-corrected chi connectivity index (χ4v) is 4.30. The van der Waals surface area contributed by atoms with Crippen molar-refractivity contribution >= 4 is 21.4 Å². The average Bonchev–Trinajstić information content (AvgIpc) is 3.10. The van der Waals surface area contributed by atoms with Gasteiger partial charge in [-0.25, -0.2) is 8.42 Å². The molecule has 10 heteroatoms. The Morgan fingerprint density at radius 2 is 2.24 bits per heavy atom. The molecule has 2 aromatic rings. The molecule has 21 heavy (non-hydrogen) atoms. The van der Waals surface area contributed by atoms with E-state index in [0.29, 0.717) is 10.0 Å². The Morgan fingerprint density at radius 3 is 2.90 bits per heavy atom. The van der Waals surface area contributed by atoms with E-state index < -0.39 is 16.1 Å². The van der Waals surface area contributed by atoms with Crippen LogP contribution in [0.3, 0.4) is 0 Å². The van der Waals surface area contributed by atoms with E-state index in [0.717, 1.165) is 24.4 Å². The molecule has 1 unspecified atom stereocenters. The van der Waals surface area contributed by atoms with Crippen LogP contribution in [-0.4, -0.2) is 42.1 Å². The number of thiophene rings is 1. The van der Waals surface area contributed by atoms with E-state index in [1.54, 1.807) is 13.0 Å². The van der Waals surface area contributed by atoms with E-state index in [1.165, 1.54) is 11.3 Å². The molecule has 2 aromatic heterocycles. The summed E-state index contributed by atoms with van der Waals surface area (Å²) in [4.78, 5) is 1.03. The Bertz CT molecular complexity index is 652. The van der Waals surface area contributed by atoms with Gasteiger partial charge in [-0.3, -0.25) is 0 Å². The van der Waals surface area contributed by atoms with Crippen LogP contribution in [0.1, 0.15) is 30.6 Å². The molecule has 1 atom stereocenters. The molecule has 0 radical (unpaired) electrons. The molecule has 2 rings (SSSR count). The summed E-state index contributed by atoms with van der Waals surface area (Å²) in [7, 11) is -3.57. The maximum atomic E-state index is 12.3. The van der Waals surface area contributed by atoms with Crippen molar-refractivity contribution in [3.8, 4) is 0 Å². The van der Waals surface area contributed by atoms with Crippen molar-refractivity contribution in [2.24, 2.45) is 0 Å². The lowest BCUT2D eigenvalue weighted by Crippen LogP contribution is -2.27. The number of H-pyrrole nitrogens is 1. The zero-order chi connectivity index (χ0) is 15.3. The number of hydrogen-bond acceptors (Lipinski definition) is 7. The minimum absolute atomic E-state index is 0.296. The molecule has 8 nitrogen and oxygen atoms in total. The summed E-state index contributed by atoms with van der Waals surface area (Å²) in [5, 5.41) is 16.5. The zero-order valence-corrected chi connectivity index (χ0v) is 13.5. The number of aromatic amines is 1. The Kier molecular flexibility index (Phi) is 5.39. The minimum atomic E-state index is -3.57. The van der Waals surface area contributed by atoms with Crippen LogP contribution >= 0.6 is 11.3 Å². The van der Waals surface area contributed by atoms with Crippen LogP contribution in [0.25, 0.3) is 0 Å². The minimum Gasteiger partial charge on any atom is -0.317 e. The molecular weight excluding hydrogens is 312 g/mol. The molecule has 0 aromatic carbocycles. The van der Waals surface area contributed by atoms with E-state index in [1.807, 2.05) is 13.0 Å². The number of nitrogens with one attached hydrogen (secondary N) is 3. The molecule has 2 heterocycles. The summed E-state index contributed by atoms with van der Waals surface area (Å²) in [6.07, 6.45) is 0.814. The molecule has 0 aliphatic carbocycles. The summed E-state index contributed by atoms with van der Waals surface area (Å²) in [5.74, 6) is 0.308. The van der Waals surface area contributed by atoms with Gasteiger partial charge in [0, 0.05) is 4.88 Å². The standard InChI is InChI=1S/C11H18N6O2S2/c1-3-12-7-6-9-4-5-10(20-9)21(18,19)15-8(2)11-13-16-17-14-11/h4-5,8,12,15H,3,6-7H2,1-2H3,(H,13,14,16,17). The van der Waals surface area contributed by atoms with Gasteiger partial charge in [0.1, 0.15) is 4.21 Å². The largest absolute Gasteiger partial charge is 0.317 e. The third-order valence-electron chi connectivity index (χ3n) is 2.78. The van der Waals surface area contributed by atoms with Crippen molar-refractivity contribution in [3.63, 3.8) is 0 Å². The number of tetrazole rings is 1. The molecule has 0 saturated carbocycles. The SMILES string of the molecule is CCNCCc1ccc(S(=O)(=O)NC(C)c2nn[nH]n2)s1. The second kappa shape index (κ2) is 7.07. The van der Waals surface area contributed by atoms with Gasteiger partial charge >= 0.3 is 0 Å². The number of aromatic nitrogens is 4. The Morgan fingerprint density at radius 1 is 1.43 bits per heavy atom. The summed E-state index contributed by atoms with van der Waals surface area (Å²) in [6, 6.07) is 2.92. The van der Waals surface area contributed by atoms with Gasteiger partial charge in [0.2, 0.25) is 0 Å². The van der Waals surface area contributed by atoms with Crippen LogP contribution in [-0.2, 0) is 16.4 Å². The summed E-state index contributed by atoms with van der Waals surface area (Å²) in [5.41, 5.74) is 0. The van der Waals surface area contributed by atoms with E-state index in [2.05, 4.69) is 30.7 Å². The first kappa shape index (κ1) is 16.0. The lowest BCUT2D eigenvalue weighted by Gasteiger charge is -2.09. The maximum Gasteiger partial charge on any atom is 0.250 e. The van der Waals surface area contributed by atoms with Gasteiger partial charge in [0.05, 0.1) is 6.04 Å². The summed E-state index contributed by atoms with van der Waals surface area (Å²) >= 11 is 1.27. The van der Waals surface area contributed by atoms with Crippen LogP contribution in [0, 0.1) is 0 Å². The first-order valence-corrected chi connectivity index (χ1v) is 8.88. The summed E-state index contributed by atoms with van der Waals surface area (Å²) < 4.78 is 27.4. The van der Waals surface area contributed by atoms with Crippen LogP contribution in [0.4, 0.5) is 0 Å². The van der Waals surface area contributed by atoms with Crippen LogP contribution < -0.4 is 10.0 Å². The first-order chi connectivity index (χ1) is 10.0. The Hall–Kier alpha value is -1.36. The van der Waals surface area contributed by atoms with E-state index in [-0.39, 0.29) is 0 Å². The highest BCUT2D eigenvalue weighted by atomic mass is 32.2. The maximum absolute atomic E-state index is 12.3. The number of rotatable bonds is 8. The second-order valence-electron chi connectivity index (χ2n) is 4.44. The fraction of sp³-hybridized carbons (Fsp3) is 0.545. The molecule has 0 amide bonds. The Labute approximate surface area is 127 Å². The molecule has 0 spiro atoms. The Balaban J connectivity index is 2.02. The molecule has 0 bridgehead atoms. The highest BCUT2D eigenvalue weighted by molar-refractivity contribution is 7.91. The molecule has 0 fully saturated rings. The lowest BCUT2D eigenvalue weighted by molar-refractivity contribution is 0.562. The number of sulfonamides is 1. The quantitative estimate of drug-likeness (QED) is 0.606. The third kappa shape index (κ3) is 4.30. The van der Waals surface area contributed by atoms with Crippen molar-refractivity contribution in [1.29, 1.82) is 0 Å². The van der Waals surface area contributed by atoms with Gasteiger partial charge in [-0.1, -0.05) is 12.1 Å². The van der Waals surface area contributed by atoms with Crippen molar-refractivity contribution < 1.29 is 8.42 Å². The van der Waals surface area contributed by atoms with Crippen molar-refractivity contribution in [2.75, 3.05) is 13.1 Å². The van der Waals surface area contributed by atoms with Crippen LogP contribution in [0.2, 0.25) is 0 Å². The van der Waals surface area contributed by atoms with E-state index >= 15 is 0 Å². The van der Waals surface area contributed by atoms with Crippen molar-refractivity contribution in [1.82, 2.24) is 30.7 Å². The highest BCUT2D eigenvalue weighted by Gasteiger charge is 2.22. The number of hydrogen-bond donors (Lipinski definition) is 3. The number of likely N-dealkylation sites (N-methyl/N-ethyl adjacent to an activating group) is 1. The number of nitrogens with zero attached hydrogens (tertiary/aromatic N) is 3. The second-order valence-corrected chi connectivity index (χ2v) is 7.55. The van der Waals surface area contributed by atoms with Gasteiger partial charge in [-0.05, 0) is 38.6 Å². The van der Waals surface area contributed by atoms with Crippen LogP contribution in [0.15, 0.2) is 16.3 Å². The summed E-state index contributed by atoms with van der Waals surface area (Å²) in [6.45, 7) is 5.44. The lowest BCUT2D eigenvalue weighted by atomic mass is 10.3. The molecule has 0 saturated heterocycles. The van der Waals surface area contributed by atoms with Gasteiger partial charge in [0.25, 0.3) is 10.0 Å². The van der Waals surface area contributed by atoms with Crippen molar-refractivity contribution in [2.45, 2.75) is 30.5 Å². The predicted octanol–water partition coefficient (Wildman–Crippen LogP) is 0.453. The first-order valence-electron chi connectivity index (χ1n) is 6.58. The topological polar surface area (TPSA) is 113 Å². The molecule has 0 aliphatic rings. The van der Waals surface area contributed by atoms with Crippen LogP contribution in [0.5, 0.6) is 0 Å². The normalized spacial score (nSPS) is 13.4. The fourth-order valence-electron chi connectivity index (χ4n) is 1.72.